The number of aliphatic hydroxyl groups excluding tert-OH is 1. The highest BCUT2D eigenvalue weighted by molar-refractivity contribution is 7.47. The summed E-state index contributed by atoms with van der Waals surface area (Å²) in [7, 11) is -4.78. The maximum absolute atomic E-state index is 12.9. The minimum absolute atomic E-state index is 0.0387. The molecule has 0 aromatic carbocycles. The highest BCUT2D eigenvalue weighted by Crippen LogP contribution is 2.43. The van der Waals surface area contributed by atoms with E-state index in [2.05, 4.69) is 106 Å². The van der Waals surface area contributed by atoms with Crippen LogP contribution >= 0.6 is 7.82 Å². The summed E-state index contributed by atoms with van der Waals surface area (Å²) in [6, 6.07) is 0. The molecule has 0 heterocycles. The first-order valence-electron chi connectivity index (χ1n) is 31.1. The Bertz CT molecular complexity index is 1680. The van der Waals surface area contributed by atoms with Gasteiger partial charge in [-0.1, -0.05) is 234 Å². The van der Waals surface area contributed by atoms with Gasteiger partial charge in [0.25, 0.3) is 0 Å². The molecule has 0 fully saturated rings. The van der Waals surface area contributed by atoms with Crippen molar-refractivity contribution in [2.24, 2.45) is 0 Å². The first kappa shape index (κ1) is 74.4. The molecule has 3 atom stereocenters. The Morgan fingerprint density at radius 1 is 0.372 bits per heavy atom. The molecule has 448 valence electrons. The zero-order chi connectivity index (χ0) is 56.9. The monoisotopic (exact) mass is 1110 g/mol. The van der Waals surface area contributed by atoms with Gasteiger partial charge in [-0.2, -0.15) is 0 Å². The van der Waals surface area contributed by atoms with Crippen LogP contribution in [0.1, 0.15) is 265 Å². The SMILES string of the molecule is CC/C=C\C/C=C\C/C=C\C/C=C\C/C=C\C/C=C\CCC(=O)OC(COC(=O)CCCCCCCCCCC/C=C\CCCCCCCC)COP(=O)(O)OCC(CO)OC(=O)CCCCCCC/C=C\CCCCCC. The first-order valence-corrected chi connectivity index (χ1v) is 32.6. The molecule has 11 nitrogen and oxygen atoms in total. The molecular formula is C66H113O11P. The number of carbonyl (C=O) groups is 3. The van der Waals surface area contributed by atoms with Gasteiger partial charge in [-0.25, -0.2) is 4.57 Å². The third-order valence-electron chi connectivity index (χ3n) is 13.0. The lowest BCUT2D eigenvalue weighted by Crippen LogP contribution is -2.30. The molecule has 0 aromatic rings. The molecule has 0 aliphatic rings. The zero-order valence-corrected chi connectivity index (χ0v) is 50.5. The average Bonchev–Trinajstić information content (AvgIpc) is 3.43. The molecule has 2 N–H and O–H groups in total. The van der Waals surface area contributed by atoms with Crippen LogP contribution in [0.4, 0.5) is 0 Å². The number of aliphatic hydroxyl groups is 1. The molecular weight excluding hydrogens is 1000 g/mol. The van der Waals surface area contributed by atoms with E-state index in [1.165, 1.54) is 109 Å². The van der Waals surface area contributed by atoms with Crippen LogP contribution in [0.25, 0.3) is 0 Å². The van der Waals surface area contributed by atoms with Gasteiger partial charge in [-0.05, 0) is 109 Å². The summed E-state index contributed by atoms with van der Waals surface area (Å²) in [5, 5.41) is 9.82. The van der Waals surface area contributed by atoms with Gasteiger partial charge in [0.15, 0.2) is 6.10 Å². The number of phosphoric acid groups is 1. The number of rotatable bonds is 57. The smallest absolute Gasteiger partial charge is 0.462 e. The fourth-order valence-corrected chi connectivity index (χ4v) is 9.04. The fourth-order valence-electron chi connectivity index (χ4n) is 8.25. The predicted octanol–water partition coefficient (Wildman–Crippen LogP) is 18.8. The quantitative estimate of drug-likeness (QED) is 0.0197. The molecule has 0 saturated carbocycles. The number of carbonyl (C=O) groups excluding carboxylic acids is 3. The van der Waals surface area contributed by atoms with Crippen molar-refractivity contribution in [3.05, 3.63) is 97.2 Å². The van der Waals surface area contributed by atoms with Crippen molar-refractivity contribution in [1.82, 2.24) is 0 Å². The highest BCUT2D eigenvalue weighted by atomic mass is 31.2. The second kappa shape index (κ2) is 59.5. The van der Waals surface area contributed by atoms with E-state index in [9.17, 15) is 28.9 Å². The van der Waals surface area contributed by atoms with E-state index in [1.54, 1.807) is 0 Å². The molecule has 0 aliphatic heterocycles. The Kier molecular flexibility index (Phi) is 56.8. The van der Waals surface area contributed by atoms with Crippen molar-refractivity contribution >= 4 is 25.7 Å². The third kappa shape index (κ3) is 57.1. The minimum atomic E-state index is -4.78. The topological polar surface area (TPSA) is 155 Å². The molecule has 78 heavy (non-hydrogen) atoms. The second-order valence-corrected chi connectivity index (χ2v) is 21.9. The number of unbranched alkanes of at least 4 members (excludes halogenated alkanes) is 24. The summed E-state index contributed by atoms with van der Waals surface area (Å²) in [5.74, 6) is -1.58. The number of esters is 3. The zero-order valence-electron chi connectivity index (χ0n) is 49.6. The largest absolute Gasteiger partial charge is 0.472 e. The van der Waals surface area contributed by atoms with E-state index in [0.717, 1.165) is 89.9 Å². The summed E-state index contributed by atoms with van der Waals surface area (Å²) < 4.78 is 39.5. The molecule has 0 amide bonds. The molecule has 0 radical (unpaired) electrons. The van der Waals surface area contributed by atoms with E-state index >= 15 is 0 Å². The summed E-state index contributed by atoms with van der Waals surface area (Å²) in [4.78, 5) is 48.6. The van der Waals surface area contributed by atoms with Crippen molar-refractivity contribution in [2.45, 2.75) is 277 Å². The van der Waals surface area contributed by atoms with Crippen molar-refractivity contribution in [2.75, 3.05) is 26.4 Å². The van der Waals surface area contributed by atoms with Crippen molar-refractivity contribution in [3.8, 4) is 0 Å². The average molecular weight is 1110 g/mol. The van der Waals surface area contributed by atoms with Crippen LogP contribution in [0.3, 0.4) is 0 Å². The molecule has 0 saturated heterocycles. The van der Waals surface area contributed by atoms with Gasteiger partial charge in [-0.15, -0.1) is 0 Å². The van der Waals surface area contributed by atoms with Crippen LogP contribution in [0.15, 0.2) is 97.2 Å². The Morgan fingerprint density at radius 2 is 0.692 bits per heavy atom. The Balaban J connectivity index is 4.82. The van der Waals surface area contributed by atoms with Crippen molar-refractivity contribution in [3.63, 3.8) is 0 Å². The molecule has 0 bridgehead atoms. The molecule has 0 aromatic heterocycles. The highest BCUT2D eigenvalue weighted by Gasteiger charge is 2.28. The number of ether oxygens (including phenoxy) is 3. The standard InChI is InChI=1S/C66H113O11P/c1-4-7-10-13-16-19-22-25-27-29-31-33-35-38-40-43-46-49-52-55-64(68)73-59-63(77-66(70)57-54-51-48-45-42-39-36-34-32-30-28-26-23-20-17-14-11-8-5-2)61-75-78(71,72)74-60-62(58-67)76-65(69)56-53-50-47-44-41-37-24-21-18-15-12-9-6-3/h8,11,17,20-21,24-28,32,34,39,42,48,51,62-63,67H,4-7,9-10,12-16,18-19,22-23,29-31,33,35-38,40-41,43-47,49-50,52-61H2,1-3H3,(H,71,72)/b11-8-,20-17-,24-21-,27-25-,28-26-,34-32-,42-39-,51-48-. The van der Waals surface area contributed by atoms with Gasteiger partial charge < -0.3 is 24.2 Å². The third-order valence-corrected chi connectivity index (χ3v) is 13.9. The minimum Gasteiger partial charge on any atom is -0.462 e. The summed E-state index contributed by atoms with van der Waals surface area (Å²) in [6.07, 6.45) is 70.9. The van der Waals surface area contributed by atoms with E-state index < -0.39 is 57.8 Å². The second-order valence-electron chi connectivity index (χ2n) is 20.5. The number of hydrogen-bond acceptors (Lipinski definition) is 10. The van der Waals surface area contributed by atoms with E-state index in [-0.39, 0.29) is 25.9 Å². The molecule has 0 spiro atoms. The van der Waals surface area contributed by atoms with Crippen LogP contribution in [-0.4, -0.2) is 66.5 Å². The summed E-state index contributed by atoms with van der Waals surface area (Å²) >= 11 is 0. The van der Waals surface area contributed by atoms with Gasteiger partial charge in [0.2, 0.25) is 0 Å². The van der Waals surface area contributed by atoms with Crippen LogP contribution in [-0.2, 0) is 42.2 Å². The van der Waals surface area contributed by atoms with Gasteiger partial charge in [0.1, 0.15) is 12.7 Å². The van der Waals surface area contributed by atoms with E-state index in [0.29, 0.717) is 25.7 Å². The van der Waals surface area contributed by atoms with Crippen molar-refractivity contribution in [1.29, 1.82) is 0 Å². The predicted molar refractivity (Wildman–Crippen MR) is 325 cm³/mol. The van der Waals surface area contributed by atoms with Crippen LogP contribution < -0.4 is 0 Å². The molecule has 3 unspecified atom stereocenters. The lowest BCUT2D eigenvalue weighted by Gasteiger charge is -2.21. The Morgan fingerprint density at radius 3 is 1.12 bits per heavy atom. The lowest BCUT2D eigenvalue weighted by molar-refractivity contribution is -0.161. The fraction of sp³-hybridized carbons (Fsp3) is 0.712. The van der Waals surface area contributed by atoms with Gasteiger partial charge in [-0.3, -0.25) is 23.4 Å². The number of phosphoric ester groups is 1. The van der Waals surface area contributed by atoms with Crippen LogP contribution in [0.2, 0.25) is 0 Å². The number of allylic oxidation sites excluding steroid dienone is 16. The molecule has 0 rings (SSSR count). The Hall–Kier alpha value is -3.60. The van der Waals surface area contributed by atoms with E-state index in [4.69, 9.17) is 23.3 Å². The van der Waals surface area contributed by atoms with Crippen LogP contribution in [0, 0.1) is 0 Å². The maximum atomic E-state index is 12.9. The van der Waals surface area contributed by atoms with E-state index in [1.807, 2.05) is 12.2 Å². The van der Waals surface area contributed by atoms with Gasteiger partial charge >= 0.3 is 25.7 Å². The summed E-state index contributed by atoms with van der Waals surface area (Å²) in [6.45, 7) is 4.43. The lowest BCUT2D eigenvalue weighted by atomic mass is 10.1. The van der Waals surface area contributed by atoms with Gasteiger partial charge in [0.05, 0.1) is 19.8 Å². The van der Waals surface area contributed by atoms with Crippen molar-refractivity contribution < 1.29 is 52.2 Å². The van der Waals surface area contributed by atoms with Gasteiger partial charge in [0, 0.05) is 19.3 Å². The summed E-state index contributed by atoms with van der Waals surface area (Å²) in [5.41, 5.74) is 0. The van der Waals surface area contributed by atoms with Crippen LogP contribution in [0.5, 0.6) is 0 Å². The molecule has 0 aliphatic carbocycles. The molecule has 12 heteroatoms. The maximum Gasteiger partial charge on any atom is 0.472 e. The first-order chi connectivity index (χ1) is 38.2. The normalized spacial score (nSPS) is 14.0. The number of hydrogen-bond donors (Lipinski definition) is 2. The Labute approximate surface area is 476 Å².